The number of carbonyl (C=O) groups excluding carboxylic acids is 2. The van der Waals surface area contributed by atoms with Crippen molar-refractivity contribution in [2.75, 3.05) is 0 Å². The van der Waals surface area contributed by atoms with Gasteiger partial charge >= 0.3 is 5.97 Å². The second-order valence-corrected chi connectivity index (χ2v) is 10.3. The van der Waals surface area contributed by atoms with Crippen molar-refractivity contribution in [3.63, 3.8) is 0 Å². The monoisotopic (exact) mass is 406 g/mol. The minimum atomic E-state index is -1.20. The van der Waals surface area contributed by atoms with Gasteiger partial charge in [0.2, 0.25) is 0 Å². The maximum absolute atomic E-state index is 12.4. The van der Waals surface area contributed by atoms with Crippen molar-refractivity contribution in [2.24, 2.45) is 28.6 Å². The van der Waals surface area contributed by atoms with Gasteiger partial charge in [-0.1, -0.05) is 25.5 Å². The van der Waals surface area contributed by atoms with Crippen molar-refractivity contribution < 1.29 is 29.6 Å². The second kappa shape index (κ2) is 6.63. The van der Waals surface area contributed by atoms with E-state index in [1.54, 1.807) is 6.92 Å². The fourth-order valence-electron chi connectivity index (χ4n) is 7.63. The molecule has 3 fully saturated rings. The highest BCUT2D eigenvalue weighted by atomic mass is 16.6. The Morgan fingerprint density at radius 3 is 2.45 bits per heavy atom. The van der Waals surface area contributed by atoms with Gasteiger partial charge in [-0.25, -0.2) is 0 Å². The van der Waals surface area contributed by atoms with Crippen LogP contribution >= 0.6 is 0 Å². The SMILES string of the molecule is CC(=O)O[C@H]1[C@@H]2[C@@H](CC=C3C[C@@H](O)CC[C@@]32C)[C@@]2(O)CC[C@@H](C(C)=O)[C@@]2(C)[C@@H]1O. The highest BCUT2D eigenvalue weighted by molar-refractivity contribution is 5.80. The Kier molecular flexibility index (Phi) is 4.80. The molecule has 0 radical (unpaired) electrons. The van der Waals surface area contributed by atoms with Gasteiger partial charge in [0.25, 0.3) is 0 Å². The molecule has 162 valence electrons. The number of rotatable bonds is 2. The minimum absolute atomic E-state index is 0.0402. The smallest absolute Gasteiger partial charge is 0.303 e. The van der Waals surface area contributed by atoms with Crippen LogP contribution in [0.2, 0.25) is 0 Å². The molecule has 0 bridgehead atoms. The summed E-state index contributed by atoms with van der Waals surface area (Å²) in [5.41, 5.74) is -1.49. The standard InChI is InChI=1S/C23H34O6/c1-12(24)16-8-10-23(28)17-6-5-14-11-15(26)7-9-21(14,3)18(17)19(29-13(2)25)20(27)22(16,23)4/h5,15-20,26-28H,6-11H2,1-4H3/t15-,16-,17+,18-,19-,20+,21-,22-,23-/m0/s1. The van der Waals surface area contributed by atoms with Gasteiger partial charge in [-0.15, -0.1) is 0 Å². The minimum Gasteiger partial charge on any atom is -0.459 e. The topological polar surface area (TPSA) is 104 Å². The molecular formula is C23H34O6. The van der Waals surface area contributed by atoms with E-state index in [1.165, 1.54) is 13.8 Å². The first-order valence-corrected chi connectivity index (χ1v) is 10.9. The lowest BCUT2D eigenvalue weighted by Crippen LogP contribution is -2.71. The predicted octanol–water partition coefficient (Wildman–Crippen LogP) is 2.14. The van der Waals surface area contributed by atoms with Crippen LogP contribution < -0.4 is 0 Å². The molecule has 4 aliphatic rings. The third-order valence-electron chi connectivity index (χ3n) is 9.13. The number of aliphatic hydroxyl groups excluding tert-OH is 2. The number of hydrogen-bond acceptors (Lipinski definition) is 6. The van der Waals surface area contributed by atoms with Crippen molar-refractivity contribution in [2.45, 2.75) is 90.1 Å². The summed E-state index contributed by atoms with van der Waals surface area (Å²) in [6.45, 7) is 6.78. The molecule has 6 nitrogen and oxygen atoms in total. The van der Waals surface area contributed by atoms with Crippen molar-refractivity contribution in [1.82, 2.24) is 0 Å². The summed E-state index contributed by atoms with van der Waals surface area (Å²) in [7, 11) is 0. The van der Waals surface area contributed by atoms with Gasteiger partial charge < -0.3 is 20.1 Å². The third-order valence-corrected chi connectivity index (χ3v) is 9.13. The molecule has 0 aromatic heterocycles. The van der Waals surface area contributed by atoms with E-state index in [9.17, 15) is 24.9 Å². The second-order valence-electron chi connectivity index (χ2n) is 10.3. The van der Waals surface area contributed by atoms with Crippen molar-refractivity contribution in [1.29, 1.82) is 0 Å². The van der Waals surface area contributed by atoms with Gasteiger partial charge in [-0.2, -0.15) is 0 Å². The van der Waals surface area contributed by atoms with E-state index in [0.29, 0.717) is 38.5 Å². The summed E-state index contributed by atoms with van der Waals surface area (Å²) < 4.78 is 5.76. The van der Waals surface area contributed by atoms with E-state index in [2.05, 4.69) is 13.0 Å². The first-order valence-electron chi connectivity index (χ1n) is 10.9. The zero-order valence-electron chi connectivity index (χ0n) is 17.9. The van der Waals surface area contributed by atoms with E-state index < -0.39 is 35.1 Å². The van der Waals surface area contributed by atoms with Crippen LogP contribution in [-0.4, -0.2) is 51.0 Å². The van der Waals surface area contributed by atoms with Crippen LogP contribution in [0.4, 0.5) is 0 Å². The van der Waals surface area contributed by atoms with Crippen LogP contribution in [-0.2, 0) is 14.3 Å². The van der Waals surface area contributed by atoms with Crippen LogP contribution in [0.3, 0.4) is 0 Å². The molecule has 29 heavy (non-hydrogen) atoms. The molecular weight excluding hydrogens is 372 g/mol. The van der Waals surface area contributed by atoms with Crippen LogP contribution in [0.15, 0.2) is 11.6 Å². The van der Waals surface area contributed by atoms with Gasteiger partial charge in [0.1, 0.15) is 18.0 Å². The lowest BCUT2D eigenvalue weighted by atomic mass is 9.44. The molecule has 0 aromatic carbocycles. The van der Waals surface area contributed by atoms with Crippen LogP contribution in [0.5, 0.6) is 0 Å². The number of Topliss-reactive ketones (excluding diaryl/α,β-unsaturated/α-hetero) is 1. The lowest BCUT2D eigenvalue weighted by Gasteiger charge is -2.64. The highest BCUT2D eigenvalue weighted by Gasteiger charge is 2.73. The van der Waals surface area contributed by atoms with Crippen LogP contribution in [0, 0.1) is 28.6 Å². The van der Waals surface area contributed by atoms with Gasteiger partial charge in [0.05, 0.1) is 11.7 Å². The molecule has 0 spiro atoms. The maximum atomic E-state index is 12.4. The van der Waals surface area contributed by atoms with Crippen LogP contribution in [0.1, 0.15) is 66.2 Å². The number of ketones is 1. The largest absolute Gasteiger partial charge is 0.459 e. The maximum Gasteiger partial charge on any atom is 0.303 e. The molecule has 0 heterocycles. The summed E-state index contributed by atoms with van der Waals surface area (Å²) in [5.74, 6) is -1.43. The predicted molar refractivity (Wildman–Crippen MR) is 106 cm³/mol. The van der Waals surface area contributed by atoms with Crippen molar-refractivity contribution in [3.05, 3.63) is 11.6 Å². The first kappa shape index (κ1) is 21.0. The number of aliphatic hydroxyl groups is 3. The molecule has 3 saturated carbocycles. The average molecular weight is 407 g/mol. The van der Waals surface area contributed by atoms with E-state index >= 15 is 0 Å². The Bertz CT molecular complexity index is 760. The third kappa shape index (κ3) is 2.64. The van der Waals surface area contributed by atoms with E-state index in [0.717, 1.165) is 5.57 Å². The number of allylic oxidation sites excluding steroid dienone is 1. The molecule has 9 atom stereocenters. The van der Waals surface area contributed by atoms with Crippen LogP contribution in [0.25, 0.3) is 0 Å². The summed E-state index contributed by atoms with van der Waals surface area (Å²) in [6, 6.07) is 0. The molecule has 4 aliphatic carbocycles. The molecule has 0 saturated heterocycles. The Morgan fingerprint density at radius 2 is 1.83 bits per heavy atom. The summed E-state index contributed by atoms with van der Waals surface area (Å²) in [4.78, 5) is 24.5. The Labute approximate surface area is 172 Å². The fraction of sp³-hybridized carbons (Fsp3) is 0.826. The van der Waals surface area contributed by atoms with Crippen molar-refractivity contribution in [3.8, 4) is 0 Å². The highest BCUT2D eigenvalue weighted by Crippen LogP contribution is 2.68. The van der Waals surface area contributed by atoms with E-state index in [4.69, 9.17) is 4.74 Å². The zero-order valence-corrected chi connectivity index (χ0v) is 17.9. The number of fused-ring (bicyclic) bond motifs is 5. The van der Waals surface area contributed by atoms with Gasteiger partial charge in [-0.05, 0) is 56.8 Å². The van der Waals surface area contributed by atoms with Crippen molar-refractivity contribution >= 4 is 11.8 Å². The molecule has 0 amide bonds. The Hall–Kier alpha value is -1.24. The summed E-state index contributed by atoms with van der Waals surface area (Å²) >= 11 is 0. The average Bonchev–Trinajstić information content (AvgIpc) is 2.92. The number of ether oxygens (including phenoxy) is 1. The van der Waals surface area contributed by atoms with E-state index in [-0.39, 0.29) is 29.1 Å². The zero-order chi connectivity index (χ0) is 21.4. The van der Waals surface area contributed by atoms with Gasteiger partial charge in [0.15, 0.2) is 0 Å². The van der Waals surface area contributed by atoms with Gasteiger partial charge in [-0.3, -0.25) is 9.59 Å². The molecule has 3 N–H and O–H groups in total. The summed E-state index contributed by atoms with van der Waals surface area (Å²) in [5, 5.41) is 33.8. The molecule has 0 unspecified atom stereocenters. The molecule has 4 rings (SSSR count). The molecule has 0 aliphatic heterocycles. The number of carbonyl (C=O) groups is 2. The summed E-state index contributed by atoms with van der Waals surface area (Å²) in [6.07, 6.45) is 3.38. The molecule has 6 heteroatoms. The Balaban J connectivity index is 1.87. The van der Waals surface area contributed by atoms with E-state index in [1.807, 2.05) is 0 Å². The number of esters is 1. The fourth-order valence-corrected chi connectivity index (χ4v) is 7.63. The van der Waals surface area contributed by atoms with Gasteiger partial charge in [0, 0.05) is 24.2 Å². The number of hydrogen-bond donors (Lipinski definition) is 3. The quantitative estimate of drug-likeness (QED) is 0.479. The molecule has 0 aromatic rings. The normalized spacial score (nSPS) is 51.3. The Morgan fingerprint density at radius 1 is 1.14 bits per heavy atom. The lowest BCUT2D eigenvalue weighted by molar-refractivity contribution is -0.268. The first-order chi connectivity index (χ1) is 13.5.